The van der Waals surface area contributed by atoms with Gasteiger partial charge in [-0.25, -0.2) is 0 Å². The van der Waals surface area contributed by atoms with Gasteiger partial charge >= 0.3 is 0 Å². The van der Waals surface area contributed by atoms with Crippen molar-refractivity contribution in [1.82, 2.24) is 0 Å². The van der Waals surface area contributed by atoms with E-state index >= 15 is 0 Å². The van der Waals surface area contributed by atoms with Gasteiger partial charge in [0.2, 0.25) is 0 Å². The smallest absolute Gasteiger partial charge is 0.255 e. The zero-order valence-electron chi connectivity index (χ0n) is 16.1. The summed E-state index contributed by atoms with van der Waals surface area (Å²) in [7, 11) is 1.59. The summed E-state index contributed by atoms with van der Waals surface area (Å²) < 4.78 is 5.10. The summed E-state index contributed by atoms with van der Waals surface area (Å²) in [5.74, 6) is 0.260. The highest BCUT2D eigenvalue weighted by Gasteiger charge is 2.10. The van der Waals surface area contributed by atoms with Gasteiger partial charge in [0.15, 0.2) is 0 Å². The average molecular weight is 374 g/mol. The maximum Gasteiger partial charge on any atom is 0.255 e. The molecule has 0 aliphatic carbocycles. The first-order chi connectivity index (χ1) is 13.4. The van der Waals surface area contributed by atoms with Gasteiger partial charge in [-0.1, -0.05) is 6.07 Å². The van der Waals surface area contributed by atoms with Gasteiger partial charge < -0.3 is 15.4 Å². The second kappa shape index (κ2) is 8.39. The van der Waals surface area contributed by atoms with Crippen molar-refractivity contribution in [2.24, 2.45) is 0 Å². The summed E-state index contributed by atoms with van der Waals surface area (Å²) >= 11 is 0. The van der Waals surface area contributed by atoms with Crippen molar-refractivity contribution in [1.29, 1.82) is 0 Å². The molecule has 28 heavy (non-hydrogen) atoms. The highest BCUT2D eigenvalue weighted by molar-refractivity contribution is 6.07. The molecular weight excluding hydrogens is 352 g/mol. The van der Waals surface area contributed by atoms with E-state index in [4.69, 9.17) is 4.74 Å². The number of aryl methyl sites for hydroxylation is 2. The Labute approximate surface area is 164 Å². The molecule has 142 valence electrons. The van der Waals surface area contributed by atoms with E-state index in [1.54, 1.807) is 55.6 Å². The van der Waals surface area contributed by atoms with Crippen molar-refractivity contribution in [3.05, 3.63) is 89.0 Å². The van der Waals surface area contributed by atoms with E-state index < -0.39 is 0 Å². The number of hydrogen-bond donors (Lipinski definition) is 2. The molecule has 5 nitrogen and oxygen atoms in total. The van der Waals surface area contributed by atoms with E-state index in [-0.39, 0.29) is 11.8 Å². The summed E-state index contributed by atoms with van der Waals surface area (Å²) in [5.41, 5.74) is 4.55. The zero-order valence-corrected chi connectivity index (χ0v) is 16.1. The first-order valence-corrected chi connectivity index (χ1v) is 8.90. The number of hydrogen-bond acceptors (Lipinski definition) is 3. The van der Waals surface area contributed by atoms with E-state index in [2.05, 4.69) is 10.6 Å². The van der Waals surface area contributed by atoms with Crippen LogP contribution in [0.5, 0.6) is 5.75 Å². The summed E-state index contributed by atoms with van der Waals surface area (Å²) in [5, 5.41) is 5.70. The molecule has 3 aromatic carbocycles. The number of amides is 2. The summed E-state index contributed by atoms with van der Waals surface area (Å²) in [6, 6.07) is 19.5. The molecule has 0 atom stereocenters. The normalized spacial score (nSPS) is 10.2. The number of carbonyl (C=O) groups excluding carboxylic acids is 2. The van der Waals surface area contributed by atoms with Gasteiger partial charge in [0.05, 0.1) is 7.11 Å². The molecule has 3 rings (SSSR count). The van der Waals surface area contributed by atoms with Gasteiger partial charge in [0.1, 0.15) is 5.75 Å². The van der Waals surface area contributed by atoms with E-state index in [0.29, 0.717) is 16.8 Å². The molecular formula is C23H22N2O3. The maximum absolute atomic E-state index is 12.4. The van der Waals surface area contributed by atoms with Gasteiger partial charge in [0.25, 0.3) is 11.8 Å². The predicted octanol–water partition coefficient (Wildman–Crippen LogP) is 4.82. The third-order valence-electron chi connectivity index (χ3n) is 4.24. The van der Waals surface area contributed by atoms with Gasteiger partial charge in [-0.3, -0.25) is 9.59 Å². The summed E-state index contributed by atoms with van der Waals surface area (Å²) in [6.07, 6.45) is 0. The molecule has 2 amide bonds. The van der Waals surface area contributed by atoms with Crippen molar-refractivity contribution in [2.45, 2.75) is 13.8 Å². The van der Waals surface area contributed by atoms with E-state index in [9.17, 15) is 9.59 Å². The molecule has 0 saturated carbocycles. The number of rotatable bonds is 5. The first kappa shape index (κ1) is 19.2. The quantitative estimate of drug-likeness (QED) is 0.673. The van der Waals surface area contributed by atoms with Crippen molar-refractivity contribution in [2.75, 3.05) is 17.7 Å². The van der Waals surface area contributed by atoms with Crippen LogP contribution in [0.4, 0.5) is 11.4 Å². The molecule has 0 bridgehead atoms. The lowest BCUT2D eigenvalue weighted by Crippen LogP contribution is -2.14. The van der Waals surface area contributed by atoms with Crippen LogP contribution >= 0.6 is 0 Å². The Morgan fingerprint density at radius 3 is 1.61 bits per heavy atom. The second-order valence-corrected chi connectivity index (χ2v) is 6.59. The van der Waals surface area contributed by atoms with Crippen LogP contribution in [0, 0.1) is 13.8 Å². The van der Waals surface area contributed by atoms with Gasteiger partial charge in [0, 0.05) is 22.5 Å². The molecule has 0 fully saturated rings. The van der Waals surface area contributed by atoms with E-state index in [1.165, 1.54) is 0 Å². The standard InChI is InChI=1S/C23H22N2O3/c1-15-12-16(2)14-20(13-15)25-23(27)18-6-4-17(5-7-18)22(26)24-19-8-10-21(28-3)11-9-19/h4-14H,1-3H3,(H,24,26)(H,25,27). The van der Waals surface area contributed by atoms with Crippen molar-refractivity contribution in [3.8, 4) is 5.75 Å². The molecule has 0 unspecified atom stereocenters. The largest absolute Gasteiger partial charge is 0.497 e. The Morgan fingerprint density at radius 1 is 0.679 bits per heavy atom. The topological polar surface area (TPSA) is 67.4 Å². The summed E-state index contributed by atoms with van der Waals surface area (Å²) in [4.78, 5) is 24.8. The molecule has 0 aliphatic heterocycles. The molecule has 3 aromatic rings. The van der Waals surface area contributed by atoms with E-state index in [1.807, 2.05) is 32.0 Å². The van der Waals surface area contributed by atoms with Crippen LogP contribution in [0.15, 0.2) is 66.7 Å². The molecule has 2 N–H and O–H groups in total. The van der Waals surface area contributed by atoms with Gasteiger partial charge in [-0.05, 0) is 85.6 Å². The number of carbonyl (C=O) groups is 2. The minimum Gasteiger partial charge on any atom is -0.497 e. The Balaban J connectivity index is 1.66. The molecule has 0 heterocycles. The minimum atomic E-state index is -0.244. The monoisotopic (exact) mass is 374 g/mol. The van der Waals surface area contributed by atoms with Crippen LogP contribution < -0.4 is 15.4 Å². The maximum atomic E-state index is 12.4. The van der Waals surface area contributed by atoms with Crippen LogP contribution in [-0.2, 0) is 0 Å². The van der Waals surface area contributed by atoms with Gasteiger partial charge in [-0.2, -0.15) is 0 Å². The van der Waals surface area contributed by atoms with Crippen molar-refractivity contribution < 1.29 is 14.3 Å². The molecule has 0 aliphatic rings. The van der Waals surface area contributed by atoms with Crippen LogP contribution in [0.25, 0.3) is 0 Å². The predicted molar refractivity (Wildman–Crippen MR) is 111 cm³/mol. The fourth-order valence-corrected chi connectivity index (χ4v) is 2.90. The summed E-state index contributed by atoms with van der Waals surface area (Å²) in [6.45, 7) is 3.97. The minimum absolute atomic E-state index is 0.216. The highest BCUT2D eigenvalue weighted by atomic mass is 16.5. The molecule has 5 heteroatoms. The Kier molecular flexibility index (Phi) is 5.75. The van der Waals surface area contributed by atoms with Crippen molar-refractivity contribution in [3.63, 3.8) is 0 Å². The lowest BCUT2D eigenvalue weighted by atomic mass is 10.1. The van der Waals surface area contributed by atoms with Crippen LogP contribution in [0.1, 0.15) is 31.8 Å². The molecule has 0 spiro atoms. The number of methoxy groups -OCH3 is 1. The third kappa shape index (κ3) is 4.76. The van der Waals surface area contributed by atoms with E-state index in [0.717, 1.165) is 22.6 Å². The number of anilines is 2. The Hall–Kier alpha value is -3.60. The average Bonchev–Trinajstić information content (AvgIpc) is 2.68. The van der Waals surface area contributed by atoms with Crippen LogP contribution in [0.2, 0.25) is 0 Å². The number of benzene rings is 3. The van der Waals surface area contributed by atoms with Crippen LogP contribution in [0.3, 0.4) is 0 Å². The van der Waals surface area contributed by atoms with Crippen LogP contribution in [-0.4, -0.2) is 18.9 Å². The van der Waals surface area contributed by atoms with Crippen molar-refractivity contribution >= 4 is 23.2 Å². The number of nitrogens with one attached hydrogen (secondary N) is 2. The lowest BCUT2D eigenvalue weighted by molar-refractivity contribution is 0.101. The second-order valence-electron chi connectivity index (χ2n) is 6.59. The molecule has 0 aromatic heterocycles. The highest BCUT2D eigenvalue weighted by Crippen LogP contribution is 2.17. The fraction of sp³-hybridized carbons (Fsp3) is 0.130. The lowest BCUT2D eigenvalue weighted by Gasteiger charge is -2.09. The molecule has 0 radical (unpaired) electrons. The van der Waals surface area contributed by atoms with Gasteiger partial charge in [-0.15, -0.1) is 0 Å². The molecule has 0 saturated heterocycles. The number of ether oxygens (including phenoxy) is 1. The third-order valence-corrected chi connectivity index (χ3v) is 4.24. The Bertz CT molecular complexity index is 973. The first-order valence-electron chi connectivity index (χ1n) is 8.90. The zero-order chi connectivity index (χ0) is 20.1. The Morgan fingerprint density at radius 2 is 1.14 bits per heavy atom. The SMILES string of the molecule is COc1ccc(NC(=O)c2ccc(C(=O)Nc3cc(C)cc(C)c3)cc2)cc1. The fourth-order valence-electron chi connectivity index (χ4n) is 2.90.